The van der Waals surface area contributed by atoms with Crippen molar-refractivity contribution in [3.05, 3.63) is 0 Å². The molecule has 0 aliphatic carbocycles. The van der Waals surface area contributed by atoms with Crippen LogP contribution in [0.2, 0.25) is 0 Å². The molecule has 0 aromatic rings. The van der Waals surface area contributed by atoms with E-state index in [1.807, 2.05) is 0 Å². The van der Waals surface area contributed by atoms with E-state index < -0.39 is 12.1 Å². The van der Waals surface area contributed by atoms with Gasteiger partial charge in [0.1, 0.15) is 19.6 Å². The highest BCUT2D eigenvalue weighted by Gasteiger charge is 2.03. The molecule has 0 aliphatic rings. The molecular formula is C18H45N3O8. The molecule has 0 radical (unpaired) electrons. The van der Waals surface area contributed by atoms with E-state index in [1.54, 1.807) is 0 Å². The maximum Gasteiger partial charge on any atom is 0.101 e. The molecule has 0 aromatic heterocycles. The van der Waals surface area contributed by atoms with Crippen molar-refractivity contribution in [3.63, 3.8) is 0 Å². The Morgan fingerprint density at radius 2 is 0.690 bits per heavy atom. The molecule has 180 valence electrons. The minimum Gasteiger partial charge on any atom is -0.652 e. The quantitative estimate of drug-likeness (QED) is 0.353. The molecule has 0 spiro atoms. The number of nitrogens with zero attached hydrogens (tertiary/aromatic N) is 3. The number of aliphatic hydroxyl groups excluding tert-OH is 3. The summed E-state index contributed by atoms with van der Waals surface area (Å²) in [5.41, 5.74) is 0. The van der Waals surface area contributed by atoms with Gasteiger partial charge in [-0.2, -0.15) is 0 Å². The second-order valence-electron chi connectivity index (χ2n) is 8.95. The highest BCUT2D eigenvalue weighted by Crippen LogP contribution is 1.85. The zero-order valence-corrected chi connectivity index (χ0v) is 20.0. The van der Waals surface area contributed by atoms with Crippen LogP contribution in [0.25, 0.3) is 0 Å². The van der Waals surface area contributed by atoms with E-state index in [0.717, 1.165) is 40.0 Å². The summed E-state index contributed by atoms with van der Waals surface area (Å²) in [7, 11) is 18.5. The van der Waals surface area contributed by atoms with Gasteiger partial charge in [-0.3, -0.25) is 0 Å². The maximum absolute atomic E-state index is 8.89. The molecule has 29 heavy (non-hydrogen) atoms. The van der Waals surface area contributed by atoms with E-state index in [1.165, 1.54) is 0 Å². The minimum atomic E-state index is -2.33. The summed E-state index contributed by atoms with van der Waals surface area (Å²) in [6, 6.07) is 0. The van der Waals surface area contributed by atoms with Crippen LogP contribution in [0.1, 0.15) is 6.92 Å². The topological polar surface area (TPSA) is 164 Å². The van der Waals surface area contributed by atoms with E-state index >= 15 is 0 Å². The first kappa shape index (κ1) is 38.1. The van der Waals surface area contributed by atoms with Crippen LogP contribution in [0.4, 0.5) is 4.79 Å². The fourth-order valence-electron chi connectivity index (χ4n) is 0.900. The number of carbonyl (C=O) groups excluding carboxylic acids is 2. The summed E-state index contributed by atoms with van der Waals surface area (Å²) in [4.78, 5) is 17.2. The van der Waals surface area contributed by atoms with Gasteiger partial charge in [0, 0.05) is 5.97 Å². The van der Waals surface area contributed by atoms with E-state index in [-0.39, 0.29) is 19.8 Å². The third-order valence-corrected chi connectivity index (χ3v) is 2.31. The highest BCUT2D eigenvalue weighted by atomic mass is 16.6. The summed E-state index contributed by atoms with van der Waals surface area (Å²) in [5.74, 6) is -1.08. The first-order chi connectivity index (χ1) is 12.6. The second-order valence-corrected chi connectivity index (χ2v) is 8.95. The average Bonchev–Trinajstić information content (AvgIpc) is 2.33. The van der Waals surface area contributed by atoms with Gasteiger partial charge >= 0.3 is 0 Å². The van der Waals surface area contributed by atoms with Gasteiger partial charge in [0.05, 0.1) is 83.2 Å². The Morgan fingerprint density at radius 1 is 0.586 bits per heavy atom. The predicted molar refractivity (Wildman–Crippen MR) is 106 cm³/mol. The molecule has 0 aliphatic heterocycles. The third kappa shape index (κ3) is 144. The van der Waals surface area contributed by atoms with Gasteiger partial charge in [-0.15, -0.1) is 0 Å². The van der Waals surface area contributed by atoms with Gasteiger partial charge in [-0.25, -0.2) is 0 Å². The Hall–Kier alpha value is -1.50. The van der Waals surface area contributed by atoms with Crippen molar-refractivity contribution >= 4 is 12.1 Å². The van der Waals surface area contributed by atoms with Crippen LogP contribution in [0, 0.1) is 0 Å². The van der Waals surface area contributed by atoms with Crippen LogP contribution in [0.15, 0.2) is 0 Å². The summed E-state index contributed by atoms with van der Waals surface area (Å²) < 4.78 is 2.53. The Kier molecular flexibility index (Phi) is 27.9. The lowest BCUT2D eigenvalue weighted by atomic mass is 10.5. The normalized spacial score (nSPS) is 10.4. The van der Waals surface area contributed by atoms with Gasteiger partial charge in [-0.05, 0) is 13.1 Å². The van der Waals surface area contributed by atoms with E-state index in [2.05, 4.69) is 63.4 Å². The molecule has 3 N–H and O–H groups in total. The lowest BCUT2D eigenvalue weighted by Gasteiger charge is -2.21. The molecule has 0 aromatic carbocycles. The number of rotatable bonds is 6. The Labute approximate surface area is 176 Å². The van der Waals surface area contributed by atoms with E-state index in [9.17, 15) is 0 Å². The minimum absolute atomic E-state index is 0.281. The van der Waals surface area contributed by atoms with E-state index in [4.69, 9.17) is 40.2 Å². The molecule has 0 heterocycles. The SMILES string of the molecule is CC(=O)[O-].C[N+](C)(C)CCO.C[N+](C)(C)CCO.C[N+](C)(C)CCO.O=C([O-])[O-]. The number of aliphatic carboxylic acids is 1. The zero-order valence-electron chi connectivity index (χ0n) is 20.0. The first-order valence-corrected chi connectivity index (χ1v) is 8.94. The molecular weight excluding hydrogens is 386 g/mol. The molecule has 0 atom stereocenters. The molecule has 0 rings (SSSR count). The summed E-state index contributed by atoms with van der Waals surface area (Å²) in [6.45, 7) is 4.32. The fraction of sp³-hybridized carbons (Fsp3) is 0.889. The molecule has 0 amide bonds. The van der Waals surface area contributed by atoms with Crippen LogP contribution in [-0.2, 0) is 4.79 Å². The summed E-state index contributed by atoms with van der Waals surface area (Å²) in [5, 5.41) is 50.7. The lowest BCUT2D eigenvalue weighted by Crippen LogP contribution is -2.37. The van der Waals surface area contributed by atoms with Crippen molar-refractivity contribution in [2.75, 3.05) is 103 Å². The van der Waals surface area contributed by atoms with Crippen molar-refractivity contribution in [2.24, 2.45) is 0 Å². The molecule has 0 bridgehead atoms. The second kappa shape index (κ2) is 21.2. The number of hydrogen-bond acceptors (Lipinski definition) is 8. The molecule has 11 nitrogen and oxygen atoms in total. The monoisotopic (exact) mass is 431 g/mol. The van der Waals surface area contributed by atoms with Crippen molar-refractivity contribution in [1.82, 2.24) is 0 Å². The fourth-order valence-corrected chi connectivity index (χ4v) is 0.900. The Morgan fingerprint density at radius 3 is 0.690 bits per heavy atom. The van der Waals surface area contributed by atoms with Crippen molar-refractivity contribution in [3.8, 4) is 0 Å². The van der Waals surface area contributed by atoms with Gasteiger partial charge in [0.25, 0.3) is 0 Å². The van der Waals surface area contributed by atoms with Crippen LogP contribution in [0.3, 0.4) is 0 Å². The molecule has 0 saturated carbocycles. The zero-order chi connectivity index (χ0) is 24.9. The number of aliphatic hydroxyl groups is 3. The van der Waals surface area contributed by atoms with Crippen molar-refractivity contribution < 1.29 is 53.7 Å². The van der Waals surface area contributed by atoms with Crippen LogP contribution < -0.4 is 15.3 Å². The van der Waals surface area contributed by atoms with Gasteiger partial charge < -0.3 is 53.7 Å². The largest absolute Gasteiger partial charge is 0.652 e. The number of carboxylic acids is 1. The Balaban J connectivity index is -0.0000000847. The van der Waals surface area contributed by atoms with Crippen molar-refractivity contribution in [2.45, 2.75) is 6.92 Å². The molecule has 0 unspecified atom stereocenters. The average molecular weight is 432 g/mol. The summed E-state index contributed by atoms with van der Waals surface area (Å²) in [6.07, 6.45) is -2.33. The Bertz CT molecular complexity index is 315. The van der Waals surface area contributed by atoms with Crippen LogP contribution >= 0.6 is 0 Å². The number of carboxylic acid groups (broad SMARTS) is 3. The van der Waals surface area contributed by atoms with Crippen LogP contribution in [0.5, 0.6) is 0 Å². The highest BCUT2D eigenvalue weighted by molar-refractivity contribution is 5.60. The smallest absolute Gasteiger partial charge is 0.101 e. The van der Waals surface area contributed by atoms with Gasteiger partial charge in [-0.1, -0.05) is 0 Å². The number of hydrogen-bond donors (Lipinski definition) is 3. The first-order valence-electron chi connectivity index (χ1n) is 8.94. The van der Waals surface area contributed by atoms with E-state index in [0.29, 0.717) is 0 Å². The third-order valence-electron chi connectivity index (χ3n) is 2.31. The molecule has 11 heteroatoms. The van der Waals surface area contributed by atoms with Gasteiger partial charge in [0.15, 0.2) is 0 Å². The number of carbonyl (C=O) groups is 2. The lowest BCUT2D eigenvalue weighted by molar-refractivity contribution is -0.870. The van der Waals surface area contributed by atoms with Gasteiger partial charge in [0.2, 0.25) is 0 Å². The number of likely N-dealkylation sites (N-methyl/N-ethyl adjacent to an activating group) is 3. The van der Waals surface area contributed by atoms with Crippen molar-refractivity contribution in [1.29, 1.82) is 0 Å². The van der Waals surface area contributed by atoms with Crippen LogP contribution in [-0.4, -0.2) is 144 Å². The maximum atomic E-state index is 8.89. The molecule has 0 fully saturated rings. The summed E-state index contributed by atoms with van der Waals surface area (Å²) >= 11 is 0. The predicted octanol–water partition coefficient (Wildman–Crippen LogP) is -4.64. The molecule has 0 saturated heterocycles. The standard InChI is InChI=1S/3C5H14NO.C2H4O2.CH2O3/c3*1-6(2,3)4-5-7;1-2(3)4;2-1(3)4/h3*7H,4-5H2,1-3H3;1H3,(H,3,4);(H2,2,3,4)/q3*+1;;/p-3. The number of quaternary nitrogens is 3.